The van der Waals surface area contributed by atoms with Gasteiger partial charge in [0.15, 0.2) is 0 Å². The summed E-state index contributed by atoms with van der Waals surface area (Å²) in [5.74, 6) is 0.685. The van der Waals surface area contributed by atoms with E-state index in [1.54, 1.807) is 0 Å². The van der Waals surface area contributed by atoms with E-state index in [4.69, 9.17) is 0 Å². The van der Waals surface area contributed by atoms with Gasteiger partial charge in [0, 0.05) is 0 Å². The van der Waals surface area contributed by atoms with Gasteiger partial charge >= 0.3 is 51.4 Å². The first-order chi connectivity index (χ1) is 2.89. The first-order valence-electron chi connectivity index (χ1n) is 2.24. The summed E-state index contributed by atoms with van der Waals surface area (Å²) in [7, 11) is 0. The fourth-order valence-corrected chi connectivity index (χ4v) is 0.543. The molecular weight excluding hydrogens is 111 g/mol. The van der Waals surface area contributed by atoms with Crippen molar-refractivity contribution in [3.63, 3.8) is 0 Å². The molecule has 0 N–H and O–H groups in total. The minimum Gasteiger partial charge on any atom is -1.00 e. The van der Waals surface area contributed by atoms with Gasteiger partial charge in [0.2, 0.25) is 0 Å². The average molecular weight is 120 g/mol. The number of hydrogen-bond donors (Lipinski definition) is 0. The molecule has 1 aliphatic rings. The van der Waals surface area contributed by atoms with Crippen molar-refractivity contribution in [2.45, 2.75) is 6.92 Å². The molecule has 34 valence electrons. The molecule has 0 nitrogen and oxygen atoms in total. The zero-order valence-electron chi connectivity index (χ0n) is 5.89. The molecule has 0 aromatic rings. The predicted octanol–water partition coefficient (Wildman–Crippen LogP) is -1.13. The second kappa shape index (κ2) is 4.04. The van der Waals surface area contributed by atoms with Gasteiger partial charge in [0.25, 0.3) is 0 Å². The van der Waals surface area contributed by atoms with Gasteiger partial charge in [-0.2, -0.15) is 0 Å². The molecule has 0 amide bonds. The Kier molecular flexibility index (Phi) is 4.69. The number of hydrogen-bond acceptors (Lipinski definition) is 0. The Bertz CT molecular complexity index is 84.7. The van der Waals surface area contributed by atoms with Crippen molar-refractivity contribution in [3.05, 3.63) is 24.3 Å². The molecule has 0 saturated carbocycles. The normalized spacial score (nSPS) is 17.3. The number of allylic oxidation sites excluding steroid dienone is 4. The van der Waals surface area contributed by atoms with Gasteiger partial charge in [0.05, 0.1) is 0 Å². The van der Waals surface area contributed by atoms with Crippen LogP contribution in [-0.4, -0.2) is 0 Å². The van der Waals surface area contributed by atoms with Gasteiger partial charge in [-0.3, -0.25) is 0 Å². The van der Waals surface area contributed by atoms with E-state index >= 15 is 0 Å². The average Bonchev–Trinajstić information content (AvgIpc) is 1.86. The minimum atomic E-state index is 0. The third-order valence-electron chi connectivity index (χ3n) is 0.940. The zero-order chi connectivity index (χ0) is 4.41. The molecule has 0 aromatic heterocycles. The molecule has 0 bridgehead atoms. The van der Waals surface area contributed by atoms with Crippen LogP contribution in [0, 0.1) is 5.92 Å². The van der Waals surface area contributed by atoms with Crippen LogP contribution in [0.5, 0.6) is 0 Å². The standard InChI is InChI=1S/C6H8.K.H/c1-6-4-2-3-5-6;;/h2-6H,1H3;;/q;+1;-1. The third kappa shape index (κ3) is 2.83. The van der Waals surface area contributed by atoms with Gasteiger partial charge in [-0.15, -0.1) is 0 Å². The summed E-state index contributed by atoms with van der Waals surface area (Å²) in [6.07, 6.45) is 8.48. The maximum Gasteiger partial charge on any atom is 1.00 e. The summed E-state index contributed by atoms with van der Waals surface area (Å²) in [5.41, 5.74) is 0. The second-order valence-electron chi connectivity index (χ2n) is 1.63. The topological polar surface area (TPSA) is 0 Å². The molecule has 0 heterocycles. The zero-order valence-corrected chi connectivity index (χ0v) is 8.01. The van der Waals surface area contributed by atoms with E-state index in [-0.39, 0.29) is 52.8 Å². The summed E-state index contributed by atoms with van der Waals surface area (Å²) in [6.45, 7) is 2.17. The SMILES string of the molecule is CC1C=CC=C1.[H-].[K+]. The Morgan fingerprint density at radius 2 is 1.71 bits per heavy atom. The van der Waals surface area contributed by atoms with Crippen LogP contribution in [0.15, 0.2) is 24.3 Å². The maximum atomic E-state index is 2.17. The number of rotatable bonds is 0. The molecule has 1 aliphatic carbocycles. The minimum absolute atomic E-state index is 0. The molecule has 0 fully saturated rings. The van der Waals surface area contributed by atoms with Crippen LogP contribution in [0.25, 0.3) is 0 Å². The van der Waals surface area contributed by atoms with Crippen LogP contribution in [0.3, 0.4) is 0 Å². The van der Waals surface area contributed by atoms with Crippen LogP contribution < -0.4 is 51.4 Å². The quantitative estimate of drug-likeness (QED) is 0.355. The van der Waals surface area contributed by atoms with Crippen molar-refractivity contribution in [3.8, 4) is 0 Å². The van der Waals surface area contributed by atoms with E-state index in [9.17, 15) is 0 Å². The molecule has 7 heavy (non-hydrogen) atoms. The van der Waals surface area contributed by atoms with E-state index in [2.05, 4.69) is 31.2 Å². The van der Waals surface area contributed by atoms with Gasteiger partial charge in [-0.25, -0.2) is 0 Å². The third-order valence-corrected chi connectivity index (χ3v) is 0.940. The molecule has 0 saturated heterocycles. The van der Waals surface area contributed by atoms with Crippen molar-refractivity contribution < 1.29 is 52.8 Å². The molecule has 0 radical (unpaired) electrons. The van der Waals surface area contributed by atoms with E-state index in [1.165, 1.54) is 0 Å². The largest absolute Gasteiger partial charge is 1.00 e. The van der Waals surface area contributed by atoms with Crippen LogP contribution in [0.4, 0.5) is 0 Å². The summed E-state index contributed by atoms with van der Waals surface area (Å²) in [6, 6.07) is 0. The van der Waals surface area contributed by atoms with Gasteiger partial charge in [-0.1, -0.05) is 31.2 Å². The molecule has 0 atom stereocenters. The summed E-state index contributed by atoms with van der Waals surface area (Å²) in [5, 5.41) is 0. The Hall–Kier alpha value is 1.12. The smallest absolute Gasteiger partial charge is 1.00 e. The molecule has 0 aliphatic heterocycles. The molecular formula is C6H9K. The predicted molar refractivity (Wildman–Crippen MR) is 28.6 cm³/mol. The Balaban J connectivity index is 0. The molecule has 0 unspecified atom stereocenters. The first-order valence-corrected chi connectivity index (χ1v) is 2.24. The van der Waals surface area contributed by atoms with Crippen molar-refractivity contribution in [2.75, 3.05) is 0 Å². The fraction of sp³-hybridized carbons (Fsp3) is 0.333. The Morgan fingerprint density at radius 1 is 1.29 bits per heavy atom. The van der Waals surface area contributed by atoms with Crippen LogP contribution in [-0.2, 0) is 0 Å². The van der Waals surface area contributed by atoms with Gasteiger partial charge in [0.1, 0.15) is 0 Å². The van der Waals surface area contributed by atoms with Crippen molar-refractivity contribution >= 4 is 0 Å². The summed E-state index contributed by atoms with van der Waals surface area (Å²) >= 11 is 0. The second-order valence-corrected chi connectivity index (χ2v) is 1.63. The molecule has 1 rings (SSSR count). The monoisotopic (exact) mass is 120 g/mol. The fourth-order valence-electron chi connectivity index (χ4n) is 0.543. The first kappa shape index (κ1) is 8.12. The van der Waals surface area contributed by atoms with Crippen molar-refractivity contribution in [2.24, 2.45) is 5.92 Å². The van der Waals surface area contributed by atoms with Gasteiger partial charge < -0.3 is 1.43 Å². The van der Waals surface area contributed by atoms with E-state index < -0.39 is 0 Å². The molecule has 0 aromatic carbocycles. The Labute approximate surface area is 88.6 Å². The maximum absolute atomic E-state index is 2.17. The van der Waals surface area contributed by atoms with Crippen LogP contribution in [0.1, 0.15) is 8.35 Å². The van der Waals surface area contributed by atoms with E-state index in [0.29, 0.717) is 5.92 Å². The summed E-state index contributed by atoms with van der Waals surface area (Å²) < 4.78 is 0. The van der Waals surface area contributed by atoms with Crippen molar-refractivity contribution in [1.29, 1.82) is 0 Å². The van der Waals surface area contributed by atoms with Crippen molar-refractivity contribution in [1.82, 2.24) is 0 Å². The van der Waals surface area contributed by atoms with Gasteiger partial charge in [-0.05, 0) is 5.92 Å². The van der Waals surface area contributed by atoms with Crippen LogP contribution in [0.2, 0.25) is 0 Å². The van der Waals surface area contributed by atoms with E-state index in [1.807, 2.05) is 0 Å². The van der Waals surface area contributed by atoms with E-state index in [0.717, 1.165) is 0 Å². The van der Waals surface area contributed by atoms with Crippen LogP contribution >= 0.6 is 0 Å². The summed E-state index contributed by atoms with van der Waals surface area (Å²) in [4.78, 5) is 0. The molecule has 1 heteroatoms. The molecule has 0 spiro atoms. The Morgan fingerprint density at radius 3 is 1.86 bits per heavy atom.